The van der Waals surface area contributed by atoms with Gasteiger partial charge in [-0.15, -0.1) is 0 Å². The van der Waals surface area contributed by atoms with Crippen LogP contribution in [0.5, 0.6) is 0 Å². The molecule has 0 aromatic carbocycles. The molecule has 2 heteroatoms. The summed E-state index contributed by atoms with van der Waals surface area (Å²) in [5, 5.41) is 0. The summed E-state index contributed by atoms with van der Waals surface area (Å²) < 4.78 is 5.30. The highest BCUT2D eigenvalue weighted by molar-refractivity contribution is 4.86. The van der Waals surface area contributed by atoms with E-state index in [1.54, 1.807) is 0 Å². The predicted molar refractivity (Wildman–Crippen MR) is 44.2 cm³/mol. The van der Waals surface area contributed by atoms with Gasteiger partial charge in [-0.25, -0.2) is 0 Å². The Morgan fingerprint density at radius 1 is 1.36 bits per heavy atom. The van der Waals surface area contributed by atoms with Crippen LogP contribution in [0.25, 0.3) is 0 Å². The lowest BCUT2D eigenvalue weighted by molar-refractivity contribution is 0.182. The largest absolute Gasteiger partial charge is 0.381 e. The number of ether oxygens (including phenoxy) is 1. The summed E-state index contributed by atoms with van der Waals surface area (Å²) in [6.45, 7) is 1.92. The van der Waals surface area contributed by atoms with Gasteiger partial charge in [-0.3, -0.25) is 0 Å². The molecule has 1 saturated heterocycles. The minimum absolute atomic E-state index is 0.474. The molecule has 2 nitrogen and oxygen atoms in total. The number of hydrogen-bond acceptors (Lipinski definition) is 2. The first-order valence-corrected chi connectivity index (χ1v) is 4.69. The zero-order chi connectivity index (χ0) is 7.68. The zero-order valence-corrected chi connectivity index (χ0v) is 6.96. The fourth-order valence-electron chi connectivity index (χ4n) is 1.87. The van der Waals surface area contributed by atoms with Crippen molar-refractivity contribution in [1.82, 2.24) is 0 Å². The van der Waals surface area contributed by atoms with Gasteiger partial charge in [0, 0.05) is 19.3 Å². The Kier molecular flexibility index (Phi) is 2.14. The molecular weight excluding hydrogens is 138 g/mol. The third kappa shape index (κ3) is 1.94. The predicted octanol–water partition coefficient (Wildman–Crippen LogP) is 1.15. The molecule has 0 bridgehead atoms. The van der Waals surface area contributed by atoms with E-state index in [-0.39, 0.29) is 0 Å². The fraction of sp³-hybridized carbons (Fsp3) is 1.00. The first-order valence-electron chi connectivity index (χ1n) is 4.69. The van der Waals surface area contributed by atoms with Crippen molar-refractivity contribution >= 4 is 0 Å². The van der Waals surface area contributed by atoms with Crippen LogP contribution in [-0.2, 0) is 4.74 Å². The third-order valence-corrected chi connectivity index (χ3v) is 2.86. The van der Waals surface area contributed by atoms with Crippen LogP contribution in [0.1, 0.15) is 25.7 Å². The van der Waals surface area contributed by atoms with E-state index in [1.165, 1.54) is 25.7 Å². The molecule has 1 aliphatic carbocycles. The van der Waals surface area contributed by atoms with Gasteiger partial charge in [0.05, 0.1) is 0 Å². The summed E-state index contributed by atoms with van der Waals surface area (Å²) in [7, 11) is 0. The van der Waals surface area contributed by atoms with Crippen LogP contribution >= 0.6 is 0 Å². The Morgan fingerprint density at radius 3 is 2.73 bits per heavy atom. The summed E-state index contributed by atoms with van der Waals surface area (Å²) in [4.78, 5) is 0. The van der Waals surface area contributed by atoms with Gasteiger partial charge in [0.2, 0.25) is 0 Å². The number of rotatable bonds is 3. The van der Waals surface area contributed by atoms with Crippen molar-refractivity contribution in [3.05, 3.63) is 0 Å². The second-order valence-electron chi connectivity index (χ2n) is 3.97. The quantitative estimate of drug-likeness (QED) is 0.663. The number of hydrogen-bond donors (Lipinski definition) is 1. The Morgan fingerprint density at radius 2 is 2.18 bits per heavy atom. The maximum Gasteiger partial charge on any atom is 0.0495 e. The molecule has 1 aliphatic heterocycles. The van der Waals surface area contributed by atoms with E-state index in [1.807, 2.05) is 0 Å². The third-order valence-electron chi connectivity index (χ3n) is 2.86. The molecule has 1 heterocycles. The summed E-state index contributed by atoms with van der Waals surface area (Å²) in [5.74, 6) is 1.63. The highest BCUT2D eigenvalue weighted by Crippen LogP contribution is 2.35. The van der Waals surface area contributed by atoms with Gasteiger partial charge in [-0.2, -0.15) is 0 Å². The topological polar surface area (TPSA) is 35.2 Å². The lowest BCUT2D eigenvalue weighted by Crippen LogP contribution is -2.25. The first kappa shape index (κ1) is 7.56. The minimum atomic E-state index is 0.474. The lowest BCUT2D eigenvalue weighted by atomic mass is 9.97. The smallest absolute Gasteiger partial charge is 0.0495 e. The second kappa shape index (κ2) is 3.11. The molecule has 0 spiro atoms. The van der Waals surface area contributed by atoms with Crippen molar-refractivity contribution in [2.75, 3.05) is 13.2 Å². The van der Waals surface area contributed by atoms with Gasteiger partial charge >= 0.3 is 0 Å². The van der Waals surface area contributed by atoms with Crippen LogP contribution in [0, 0.1) is 11.8 Å². The van der Waals surface area contributed by atoms with Gasteiger partial charge in [0.15, 0.2) is 0 Å². The van der Waals surface area contributed by atoms with E-state index < -0.39 is 0 Å². The standard InChI is InChI=1S/C9H17NO/c10-9(8-1-2-8)5-7-3-4-11-6-7/h7-9H,1-6,10H2. The maximum absolute atomic E-state index is 6.00. The van der Waals surface area contributed by atoms with Gasteiger partial charge in [-0.05, 0) is 37.5 Å². The molecule has 1 saturated carbocycles. The summed E-state index contributed by atoms with van der Waals surface area (Å²) in [5.41, 5.74) is 6.00. The van der Waals surface area contributed by atoms with Crippen molar-refractivity contribution in [3.8, 4) is 0 Å². The van der Waals surface area contributed by atoms with Gasteiger partial charge in [-0.1, -0.05) is 0 Å². The normalized spacial score (nSPS) is 34.1. The van der Waals surface area contributed by atoms with Gasteiger partial charge in [0.25, 0.3) is 0 Å². The minimum Gasteiger partial charge on any atom is -0.381 e. The first-order chi connectivity index (χ1) is 5.36. The van der Waals surface area contributed by atoms with Crippen molar-refractivity contribution in [2.24, 2.45) is 17.6 Å². The van der Waals surface area contributed by atoms with E-state index in [0.29, 0.717) is 6.04 Å². The highest BCUT2D eigenvalue weighted by Gasteiger charge is 2.30. The number of nitrogens with two attached hydrogens (primary N) is 1. The molecule has 2 atom stereocenters. The van der Waals surface area contributed by atoms with Crippen molar-refractivity contribution in [1.29, 1.82) is 0 Å². The van der Waals surface area contributed by atoms with E-state index in [0.717, 1.165) is 25.0 Å². The molecule has 2 unspecified atom stereocenters. The van der Waals surface area contributed by atoms with Crippen LogP contribution in [0.2, 0.25) is 0 Å². The van der Waals surface area contributed by atoms with E-state index in [4.69, 9.17) is 10.5 Å². The van der Waals surface area contributed by atoms with Crippen LogP contribution < -0.4 is 5.73 Å². The van der Waals surface area contributed by atoms with Gasteiger partial charge < -0.3 is 10.5 Å². The van der Waals surface area contributed by atoms with Crippen LogP contribution in [0.4, 0.5) is 0 Å². The van der Waals surface area contributed by atoms with Gasteiger partial charge in [0.1, 0.15) is 0 Å². The average Bonchev–Trinajstić information content (AvgIpc) is 2.73. The molecular formula is C9H17NO. The van der Waals surface area contributed by atoms with Crippen molar-refractivity contribution < 1.29 is 4.74 Å². The SMILES string of the molecule is NC(CC1CCOC1)C1CC1. The summed E-state index contributed by atoms with van der Waals surface area (Å²) in [6.07, 6.45) is 5.18. The van der Waals surface area contributed by atoms with E-state index >= 15 is 0 Å². The molecule has 2 aliphatic rings. The molecule has 0 aromatic heterocycles. The van der Waals surface area contributed by atoms with E-state index in [2.05, 4.69) is 0 Å². The Balaban J connectivity index is 1.70. The highest BCUT2D eigenvalue weighted by atomic mass is 16.5. The monoisotopic (exact) mass is 155 g/mol. The zero-order valence-electron chi connectivity index (χ0n) is 6.96. The molecule has 0 aromatic rings. The molecule has 0 amide bonds. The molecule has 2 fully saturated rings. The molecule has 2 N–H and O–H groups in total. The Hall–Kier alpha value is -0.0800. The molecule has 11 heavy (non-hydrogen) atoms. The average molecular weight is 155 g/mol. The Bertz CT molecular complexity index is 128. The Labute approximate surface area is 68.1 Å². The van der Waals surface area contributed by atoms with Crippen molar-refractivity contribution in [3.63, 3.8) is 0 Å². The lowest BCUT2D eigenvalue weighted by Gasteiger charge is -2.13. The second-order valence-corrected chi connectivity index (χ2v) is 3.97. The van der Waals surface area contributed by atoms with E-state index in [9.17, 15) is 0 Å². The van der Waals surface area contributed by atoms with Crippen molar-refractivity contribution in [2.45, 2.75) is 31.7 Å². The fourth-order valence-corrected chi connectivity index (χ4v) is 1.87. The van der Waals surface area contributed by atoms with Crippen LogP contribution in [0.15, 0.2) is 0 Å². The molecule has 2 rings (SSSR count). The van der Waals surface area contributed by atoms with Crippen LogP contribution in [-0.4, -0.2) is 19.3 Å². The maximum atomic E-state index is 6.00. The summed E-state index contributed by atoms with van der Waals surface area (Å²) in [6, 6.07) is 0.474. The molecule has 64 valence electrons. The molecule has 0 radical (unpaired) electrons. The van der Waals surface area contributed by atoms with Crippen LogP contribution in [0.3, 0.4) is 0 Å². The summed E-state index contributed by atoms with van der Waals surface area (Å²) >= 11 is 0.